The highest BCUT2D eigenvalue weighted by Gasteiger charge is 2.30. The van der Waals surface area contributed by atoms with Gasteiger partial charge in [0.25, 0.3) is 0 Å². The molecular weight excluding hydrogens is 405 g/mol. The summed E-state index contributed by atoms with van der Waals surface area (Å²) < 4.78 is 70.9. The lowest BCUT2D eigenvalue weighted by atomic mass is 10.1. The predicted octanol–water partition coefficient (Wildman–Crippen LogP) is 4.51. The minimum absolute atomic E-state index is 0.0271. The van der Waals surface area contributed by atoms with Gasteiger partial charge in [-0.2, -0.15) is 13.2 Å². The normalized spacial score (nSPS) is 12.0. The molecule has 0 fully saturated rings. The van der Waals surface area contributed by atoms with Crippen molar-refractivity contribution >= 4 is 10.0 Å². The van der Waals surface area contributed by atoms with E-state index in [0.717, 1.165) is 12.1 Å². The summed E-state index contributed by atoms with van der Waals surface area (Å²) in [6.07, 6.45) is -2.94. The first kappa shape index (κ1) is 20.8. The van der Waals surface area contributed by atoms with Crippen LogP contribution in [0.5, 0.6) is 11.6 Å². The third-order valence-corrected chi connectivity index (χ3v) is 5.16. The number of rotatable bonds is 7. The summed E-state index contributed by atoms with van der Waals surface area (Å²) in [6, 6.07) is 16.2. The molecule has 0 amide bonds. The van der Waals surface area contributed by atoms with Crippen LogP contribution in [0.2, 0.25) is 0 Å². The van der Waals surface area contributed by atoms with Crippen LogP contribution in [0.4, 0.5) is 13.2 Å². The van der Waals surface area contributed by atoms with Crippen LogP contribution in [-0.4, -0.2) is 13.4 Å². The van der Waals surface area contributed by atoms with Gasteiger partial charge in [0.2, 0.25) is 15.9 Å². The van der Waals surface area contributed by atoms with E-state index in [-0.39, 0.29) is 12.1 Å². The van der Waals surface area contributed by atoms with E-state index in [1.165, 1.54) is 12.1 Å². The zero-order valence-corrected chi connectivity index (χ0v) is 15.9. The quantitative estimate of drug-likeness (QED) is 0.608. The molecule has 29 heavy (non-hydrogen) atoms. The number of nitrogens with zero attached hydrogens (tertiary/aromatic N) is 1. The number of pyridine rings is 1. The second-order valence-corrected chi connectivity index (χ2v) is 8.00. The number of benzene rings is 2. The molecule has 0 saturated heterocycles. The van der Waals surface area contributed by atoms with Crippen LogP contribution in [0.15, 0.2) is 72.9 Å². The number of halogens is 3. The highest BCUT2D eigenvalue weighted by molar-refractivity contribution is 7.88. The van der Waals surface area contributed by atoms with E-state index in [0.29, 0.717) is 17.2 Å². The van der Waals surface area contributed by atoms with Gasteiger partial charge in [-0.1, -0.05) is 36.4 Å². The molecule has 0 aliphatic carbocycles. The van der Waals surface area contributed by atoms with E-state index in [4.69, 9.17) is 4.74 Å². The van der Waals surface area contributed by atoms with Crippen molar-refractivity contribution in [2.75, 3.05) is 0 Å². The summed E-state index contributed by atoms with van der Waals surface area (Å²) in [7, 11) is -3.84. The summed E-state index contributed by atoms with van der Waals surface area (Å²) in [4.78, 5) is 4.05. The highest BCUT2D eigenvalue weighted by Crippen LogP contribution is 2.29. The number of nitrogens with one attached hydrogen (secondary N) is 1. The zero-order chi connectivity index (χ0) is 20.9. The van der Waals surface area contributed by atoms with E-state index >= 15 is 0 Å². The third-order valence-electron chi connectivity index (χ3n) is 3.87. The molecule has 9 heteroatoms. The van der Waals surface area contributed by atoms with E-state index < -0.39 is 27.5 Å². The molecule has 0 aliphatic heterocycles. The van der Waals surface area contributed by atoms with Crippen molar-refractivity contribution < 1.29 is 26.3 Å². The Morgan fingerprint density at radius 1 is 0.931 bits per heavy atom. The summed E-state index contributed by atoms with van der Waals surface area (Å²) in [6.45, 7) is -0.0271. The second-order valence-electron chi connectivity index (χ2n) is 6.20. The fraction of sp³-hybridized carbons (Fsp3) is 0.150. The topological polar surface area (TPSA) is 68.3 Å². The van der Waals surface area contributed by atoms with Gasteiger partial charge in [0, 0.05) is 18.8 Å². The molecule has 0 saturated carbocycles. The second kappa shape index (κ2) is 8.62. The SMILES string of the molecule is O=S(=O)(Cc1cccc(C(F)(F)F)c1)NCc1cccc(Oc2ccccn2)c1. The molecule has 2 aromatic carbocycles. The van der Waals surface area contributed by atoms with Gasteiger partial charge in [0.05, 0.1) is 11.3 Å². The first-order chi connectivity index (χ1) is 13.7. The largest absolute Gasteiger partial charge is 0.439 e. The molecule has 0 aliphatic rings. The maximum absolute atomic E-state index is 12.8. The lowest BCUT2D eigenvalue weighted by Gasteiger charge is -2.11. The Kier molecular flexibility index (Phi) is 6.19. The molecule has 0 spiro atoms. The first-order valence-electron chi connectivity index (χ1n) is 8.53. The molecule has 0 atom stereocenters. The van der Waals surface area contributed by atoms with Crippen LogP contribution in [0.3, 0.4) is 0 Å². The van der Waals surface area contributed by atoms with Crippen molar-refractivity contribution in [3.05, 3.63) is 89.6 Å². The number of alkyl halides is 3. The summed E-state index contributed by atoms with van der Waals surface area (Å²) in [5.74, 6) is 0.328. The fourth-order valence-electron chi connectivity index (χ4n) is 2.55. The van der Waals surface area contributed by atoms with Gasteiger partial charge in [0.15, 0.2) is 0 Å². The molecule has 0 unspecified atom stereocenters. The van der Waals surface area contributed by atoms with Gasteiger partial charge >= 0.3 is 6.18 Å². The van der Waals surface area contributed by atoms with E-state index in [1.54, 1.807) is 48.7 Å². The van der Waals surface area contributed by atoms with Gasteiger partial charge in [-0.15, -0.1) is 0 Å². The van der Waals surface area contributed by atoms with Gasteiger partial charge in [0.1, 0.15) is 5.75 Å². The van der Waals surface area contributed by atoms with Crippen LogP contribution in [-0.2, 0) is 28.5 Å². The molecule has 1 aromatic heterocycles. The Hall–Kier alpha value is -2.91. The van der Waals surface area contributed by atoms with E-state index in [9.17, 15) is 21.6 Å². The smallest absolute Gasteiger partial charge is 0.416 e. The fourth-order valence-corrected chi connectivity index (χ4v) is 3.66. The van der Waals surface area contributed by atoms with Crippen LogP contribution in [0.1, 0.15) is 16.7 Å². The molecule has 3 aromatic rings. The predicted molar refractivity (Wildman–Crippen MR) is 102 cm³/mol. The number of aromatic nitrogens is 1. The van der Waals surface area contributed by atoms with Gasteiger partial charge in [-0.25, -0.2) is 18.1 Å². The molecule has 152 valence electrons. The minimum Gasteiger partial charge on any atom is -0.439 e. The Morgan fingerprint density at radius 3 is 2.41 bits per heavy atom. The van der Waals surface area contributed by atoms with Crippen LogP contribution >= 0.6 is 0 Å². The summed E-state index contributed by atoms with van der Waals surface area (Å²) in [5, 5.41) is 0. The summed E-state index contributed by atoms with van der Waals surface area (Å²) >= 11 is 0. The Morgan fingerprint density at radius 2 is 1.69 bits per heavy atom. The van der Waals surface area contributed by atoms with Crippen molar-refractivity contribution in [2.45, 2.75) is 18.5 Å². The minimum atomic E-state index is -4.53. The van der Waals surface area contributed by atoms with Crippen LogP contribution in [0, 0.1) is 0 Å². The monoisotopic (exact) mass is 422 g/mol. The maximum atomic E-state index is 12.8. The molecule has 3 rings (SSSR count). The standard InChI is InChI=1S/C20H17F3N2O3S/c21-20(22,23)17-7-3-6-16(11-17)14-29(26,27)25-13-15-5-4-8-18(12-15)28-19-9-1-2-10-24-19/h1-12,25H,13-14H2. The van der Waals surface area contributed by atoms with Crippen molar-refractivity contribution in [1.82, 2.24) is 9.71 Å². The first-order valence-corrected chi connectivity index (χ1v) is 10.2. The van der Waals surface area contributed by atoms with Crippen molar-refractivity contribution in [3.63, 3.8) is 0 Å². The summed E-state index contributed by atoms with van der Waals surface area (Å²) in [5.41, 5.74) is -0.199. The van der Waals surface area contributed by atoms with E-state index in [1.807, 2.05) is 0 Å². The molecule has 0 radical (unpaired) electrons. The van der Waals surface area contributed by atoms with Crippen molar-refractivity contribution in [2.24, 2.45) is 0 Å². The van der Waals surface area contributed by atoms with E-state index in [2.05, 4.69) is 9.71 Å². The Labute approximate surface area is 166 Å². The number of ether oxygens (including phenoxy) is 1. The molecule has 5 nitrogen and oxygen atoms in total. The highest BCUT2D eigenvalue weighted by atomic mass is 32.2. The molecule has 0 bridgehead atoms. The Bertz CT molecular complexity index is 1070. The van der Waals surface area contributed by atoms with Crippen molar-refractivity contribution in [3.8, 4) is 11.6 Å². The van der Waals surface area contributed by atoms with Gasteiger partial charge in [-0.05, 0) is 35.4 Å². The molecule has 1 heterocycles. The number of sulfonamides is 1. The lowest BCUT2D eigenvalue weighted by Crippen LogP contribution is -2.24. The van der Waals surface area contributed by atoms with Crippen molar-refractivity contribution in [1.29, 1.82) is 0 Å². The lowest BCUT2D eigenvalue weighted by molar-refractivity contribution is -0.137. The van der Waals surface area contributed by atoms with Crippen LogP contribution < -0.4 is 9.46 Å². The van der Waals surface area contributed by atoms with Gasteiger partial charge < -0.3 is 4.74 Å². The third kappa shape index (κ3) is 6.30. The maximum Gasteiger partial charge on any atom is 0.416 e. The molecular formula is C20H17F3N2O3S. The molecule has 1 N–H and O–H groups in total. The Balaban J connectivity index is 1.64. The van der Waals surface area contributed by atoms with Crippen LogP contribution in [0.25, 0.3) is 0 Å². The average molecular weight is 422 g/mol. The zero-order valence-electron chi connectivity index (χ0n) is 15.1. The average Bonchev–Trinajstić information content (AvgIpc) is 2.67. The number of hydrogen-bond acceptors (Lipinski definition) is 4. The number of hydrogen-bond donors (Lipinski definition) is 1. The van der Waals surface area contributed by atoms with Gasteiger partial charge in [-0.3, -0.25) is 0 Å².